The van der Waals surface area contributed by atoms with E-state index >= 15 is 0 Å². The summed E-state index contributed by atoms with van der Waals surface area (Å²) in [7, 11) is 0. The van der Waals surface area contributed by atoms with Crippen molar-refractivity contribution in [1.29, 1.82) is 5.26 Å². The number of rotatable bonds is 3. The number of nitrogens with zero attached hydrogens (tertiary/aromatic N) is 1. The molecule has 102 valence electrons. The lowest BCUT2D eigenvalue weighted by Gasteiger charge is -2.32. The Morgan fingerprint density at radius 3 is 2.68 bits per heavy atom. The third-order valence-corrected chi connectivity index (χ3v) is 4.50. The Kier molecular flexibility index (Phi) is 4.61. The van der Waals surface area contributed by atoms with Crippen molar-refractivity contribution in [2.45, 2.75) is 52.7 Å². The Balaban J connectivity index is 1.91. The Bertz CT molecular complexity index is 475. The molecule has 19 heavy (non-hydrogen) atoms. The number of hydrogen-bond acceptors (Lipinski definition) is 2. The normalized spacial score (nSPS) is 26.9. The molecule has 2 heteroatoms. The van der Waals surface area contributed by atoms with E-state index in [2.05, 4.69) is 19.9 Å². The van der Waals surface area contributed by atoms with Gasteiger partial charge in [-0.15, -0.1) is 0 Å². The standard InChI is InChI=1S/C17H23NO/c1-12-4-7-17(9-13(12)2)19-11-16-6-5-15(10-18)8-14(16)3/h5-6,8,12-13,17H,4,7,9,11H2,1-3H3. The number of nitriles is 1. The van der Waals surface area contributed by atoms with Crippen LogP contribution in [0.3, 0.4) is 0 Å². The predicted molar refractivity (Wildman–Crippen MR) is 76.7 cm³/mol. The van der Waals surface area contributed by atoms with E-state index in [4.69, 9.17) is 10.00 Å². The van der Waals surface area contributed by atoms with Crippen LogP contribution in [-0.4, -0.2) is 6.10 Å². The van der Waals surface area contributed by atoms with E-state index < -0.39 is 0 Å². The number of ether oxygens (including phenoxy) is 1. The van der Waals surface area contributed by atoms with Gasteiger partial charge in [0.15, 0.2) is 0 Å². The summed E-state index contributed by atoms with van der Waals surface area (Å²) < 4.78 is 6.06. The van der Waals surface area contributed by atoms with E-state index in [1.165, 1.54) is 24.8 Å². The molecule has 1 aliphatic rings. The molecule has 0 amide bonds. The van der Waals surface area contributed by atoms with Crippen LogP contribution in [0.4, 0.5) is 0 Å². The summed E-state index contributed by atoms with van der Waals surface area (Å²) >= 11 is 0. The minimum Gasteiger partial charge on any atom is -0.374 e. The van der Waals surface area contributed by atoms with E-state index in [-0.39, 0.29) is 0 Å². The molecule has 0 aromatic heterocycles. The van der Waals surface area contributed by atoms with Crippen LogP contribution < -0.4 is 0 Å². The van der Waals surface area contributed by atoms with E-state index in [0.717, 1.165) is 23.0 Å². The smallest absolute Gasteiger partial charge is 0.0991 e. The van der Waals surface area contributed by atoms with E-state index in [1.807, 2.05) is 25.1 Å². The van der Waals surface area contributed by atoms with Crippen LogP contribution in [0.25, 0.3) is 0 Å². The van der Waals surface area contributed by atoms with Crippen LogP contribution in [0.2, 0.25) is 0 Å². The average Bonchev–Trinajstić information content (AvgIpc) is 2.41. The van der Waals surface area contributed by atoms with Gasteiger partial charge in [0.25, 0.3) is 0 Å². The van der Waals surface area contributed by atoms with Crippen molar-refractivity contribution in [3.8, 4) is 6.07 Å². The maximum absolute atomic E-state index is 8.86. The van der Waals surface area contributed by atoms with Crippen molar-refractivity contribution in [2.24, 2.45) is 11.8 Å². The SMILES string of the molecule is Cc1cc(C#N)ccc1COC1CCC(C)C(C)C1. The van der Waals surface area contributed by atoms with Crippen molar-refractivity contribution in [2.75, 3.05) is 0 Å². The van der Waals surface area contributed by atoms with Crippen LogP contribution >= 0.6 is 0 Å². The molecule has 1 aliphatic carbocycles. The maximum atomic E-state index is 8.86. The molecule has 2 nitrogen and oxygen atoms in total. The number of aryl methyl sites for hydroxylation is 1. The van der Waals surface area contributed by atoms with Crippen molar-refractivity contribution in [1.82, 2.24) is 0 Å². The summed E-state index contributed by atoms with van der Waals surface area (Å²) in [6, 6.07) is 7.99. The van der Waals surface area contributed by atoms with Crippen molar-refractivity contribution in [3.05, 3.63) is 34.9 Å². The summed E-state index contributed by atoms with van der Waals surface area (Å²) in [5.74, 6) is 1.59. The fraction of sp³-hybridized carbons (Fsp3) is 0.588. The second-order valence-electron chi connectivity index (χ2n) is 5.95. The molecule has 1 aromatic rings. The van der Waals surface area contributed by atoms with E-state index in [0.29, 0.717) is 12.7 Å². The molecular formula is C17H23NO. The number of hydrogen-bond donors (Lipinski definition) is 0. The minimum absolute atomic E-state index is 0.404. The molecule has 3 unspecified atom stereocenters. The van der Waals surface area contributed by atoms with Gasteiger partial charge in [0.2, 0.25) is 0 Å². The van der Waals surface area contributed by atoms with Gasteiger partial charge in [0, 0.05) is 0 Å². The molecule has 0 bridgehead atoms. The Labute approximate surface area is 116 Å². The van der Waals surface area contributed by atoms with Crippen molar-refractivity contribution in [3.63, 3.8) is 0 Å². The molecule has 0 saturated heterocycles. The molecule has 0 N–H and O–H groups in total. The highest BCUT2D eigenvalue weighted by atomic mass is 16.5. The van der Waals surface area contributed by atoms with Gasteiger partial charge in [-0.25, -0.2) is 0 Å². The van der Waals surface area contributed by atoms with Gasteiger partial charge in [0.1, 0.15) is 0 Å². The average molecular weight is 257 g/mol. The lowest BCUT2D eigenvalue weighted by atomic mass is 9.80. The second kappa shape index (κ2) is 6.21. The van der Waals surface area contributed by atoms with Gasteiger partial charge in [-0.2, -0.15) is 5.26 Å². The quantitative estimate of drug-likeness (QED) is 0.812. The van der Waals surface area contributed by atoms with Crippen LogP contribution in [0.15, 0.2) is 18.2 Å². The summed E-state index contributed by atoms with van der Waals surface area (Å²) in [5, 5.41) is 8.86. The third kappa shape index (κ3) is 3.58. The fourth-order valence-electron chi connectivity index (χ4n) is 2.78. The minimum atomic E-state index is 0.404. The molecule has 0 radical (unpaired) electrons. The van der Waals surface area contributed by atoms with Crippen LogP contribution in [0, 0.1) is 30.1 Å². The van der Waals surface area contributed by atoms with Gasteiger partial charge in [-0.1, -0.05) is 19.9 Å². The van der Waals surface area contributed by atoms with Gasteiger partial charge in [-0.05, 0) is 61.3 Å². The molecule has 1 fully saturated rings. The molecule has 2 rings (SSSR count). The monoisotopic (exact) mass is 257 g/mol. The van der Waals surface area contributed by atoms with E-state index in [1.54, 1.807) is 0 Å². The van der Waals surface area contributed by atoms with Crippen LogP contribution in [0.5, 0.6) is 0 Å². The highest BCUT2D eigenvalue weighted by molar-refractivity contribution is 5.37. The van der Waals surface area contributed by atoms with E-state index in [9.17, 15) is 0 Å². The van der Waals surface area contributed by atoms with Crippen molar-refractivity contribution >= 4 is 0 Å². The molecule has 1 saturated carbocycles. The van der Waals surface area contributed by atoms with Crippen molar-refractivity contribution < 1.29 is 4.74 Å². The van der Waals surface area contributed by atoms with Gasteiger partial charge < -0.3 is 4.74 Å². The molecule has 3 atom stereocenters. The summed E-state index contributed by atoms with van der Waals surface area (Å²) in [5.41, 5.74) is 3.07. The zero-order chi connectivity index (χ0) is 13.8. The fourth-order valence-corrected chi connectivity index (χ4v) is 2.78. The Morgan fingerprint density at radius 2 is 2.05 bits per heavy atom. The Morgan fingerprint density at radius 1 is 1.26 bits per heavy atom. The van der Waals surface area contributed by atoms with Gasteiger partial charge in [-0.3, -0.25) is 0 Å². The van der Waals surface area contributed by atoms with Crippen LogP contribution in [-0.2, 0) is 11.3 Å². The lowest BCUT2D eigenvalue weighted by Crippen LogP contribution is -2.26. The molecule has 0 heterocycles. The van der Waals surface area contributed by atoms with Crippen LogP contribution in [0.1, 0.15) is 49.8 Å². The first-order valence-electron chi connectivity index (χ1n) is 7.21. The summed E-state index contributed by atoms with van der Waals surface area (Å²) in [6.07, 6.45) is 4.04. The maximum Gasteiger partial charge on any atom is 0.0991 e. The second-order valence-corrected chi connectivity index (χ2v) is 5.95. The first-order valence-corrected chi connectivity index (χ1v) is 7.21. The summed E-state index contributed by atoms with van der Waals surface area (Å²) in [6.45, 7) is 7.38. The third-order valence-electron chi connectivity index (χ3n) is 4.50. The molecular weight excluding hydrogens is 234 g/mol. The molecule has 0 spiro atoms. The summed E-state index contributed by atoms with van der Waals surface area (Å²) in [4.78, 5) is 0. The Hall–Kier alpha value is -1.33. The first kappa shape index (κ1) is 14.1. The number of benzene rings is 1. The first-order chi connectivity index (χ1) is 9.10. The molecule has 1 aromatic carbocycles. The zero-order valence-corrected chi connectivity index (χ0v) is 12.1. The molecule has 0 aliphatic heterocycles. The highest BCUT2D eigenvalue weighted by Gasteiger charge is 2.24. The highest BCUT2D eigenvalue weighted by Crippen LogP contribution is 2.31. The zero-order valence-electron chi connectivity index (χ0n) is 12.1. The lowest BCUT2D eigenvalue weighted by molar-refractivity contribution is -0.00762. The van der Waals surface area contributed by atoms with Gasteiger partial charge >= 0.3 is 0 Å². The topological polar surface area (TPSA) is 33.0 Å². The van der Waals surface area contributed by atoms with Gasteiger partial charge in [0.05, 0.1) is 24.3 Å². The predicted octanol–water partition coefficient (Wildman–Crippen LogP) is 4.21. The largest absolute Gasteiger partial charge is 0.374 e.